The van der Waals surface area contributed by atoms with Gasteiger partial charge in [0.05, 0.1) is 12.4 Å². The second kappa shape index (κ2) is 9.31. The van der Waals surface area contributed by atoms with Crippen LogP contribution >= 0.6 is 0 Å². The predicted octanol–water partition coefficient (Wildman–Crippen LogP) is 7.57. The van der Waals surface area contributed by atoms with Gasteiger partial charge in [-0.3, -0.25) is 0 Å². The Morgan fingerprint density at radius 1 is 0.964 bits per heavy atom. The van der Waals surface area contributed by atoms with Gasteiger partial charge in [-0.2, -0.15) is 4.39 Å². The van der Waals surface area contributed by atoms with Crippen LogP contribution in [0.4, 0.5) is 13.2 Å². The molecule has 3 rings (SSSR count). The first-order valence-corrected chi connectivity index (χ1v) is 10.1. The lowest BCUT2D eigenvalue weighted by atomic mass is 9.78. The molecule has 2 aromatic rings. The molecule has 0 aliphatic heterocycles. The molecular formula is C24H27F3O. The summed E-state index contributed by atoms with van der Waals surface area (Å²) in [5.74, 6) is -1.15. The van der Waals surface area contributed by atoms with Crippen molar-refractivity contribution in [1.82, 2.24) is 0 Å². The van der Waals surface area contributed by atoms with Crippen LogP contribution in [0.1, 0.15) is 57.4 Å². The quantitative estimate of drug-likeness (QED) is 0.496. The maximum Gasteiger partial charge on any atom is 0.201 e. The Bertz CT molecular complexity index is 818. The molecule has 0 aromatic heterocycles. The summed E-state index contributed by atoms with van der Waals surface area (Å²) in [6, 6.07) is 10.7. The summed E-state index contributed by atoms with van der Waals surface area (Å²) >= 11 is 0. The minimum absolute atomic E-state index is 0.0163. The molecule has 4 heteroatoms. The van der Waals surface area contributed by atoms with Gasteiger partial charge in [0.2, 0.25) is 5.82 Å². The zero-order chi connectivity index (χ0) is 20.1. The normalized spacial score (nSPS) is 20.2. The van der Waals surface area contributed by atoms with Crippen molar-refractivity contribution in [3.8, 4) is 16.9 Å². The molecule has 0 unspecified atom stereocenters. The number of benzene rings is 2. The van der Waals surface area contributed by atoms with Crippen LogP contribution in [0.25, 0.3) is 11.1 Å². The van der Waals surface area contributed by atoms with Crippen LogP contribution in [0.5, 0.6) is 5.75 Å². The standard InChI is InChI=1S/C24H27F3O/c1-3-20(25)15-16-5-7-17(8-6-16)18-9-11-19(12-10-18)21-13-14-22(28-4-2)24(27)23(21)26/h9-17H,3-8H2,1-2H3/b20-15-. The first-order valence-electron chi connectivity index (χ1n) is 10.1. The van der Waals surface area contributed by atoms with E-state index >= 15 is 0 Å². The van der Waals surface area contributed by atoms with E-state index in [0.717, 1.165) is 25.7 Å². The monoisotopic (exact) mass is 388 g/mol. The second-order valence-corrected chi connectivity index (χ2v) is 7.37. The van der Waals surface area contributed by atoms with E-state index < -0.39 is 11.6 Å². The SMILES string of the molecule is CCOc1ccc(-c2ccc(C3CCC(/C=C(\F)CC)CC3)cc2)c(F)c1F. The van der Waals surface area contributed by atoms with Crippen LogP contribution in [0.2, 0.25) is 0 Å². The summed E-state index contributed by atoms with van der Waals surface area (Å²) in [4.78, 5) is 0. The summed E-state index contributed by atoms with van der Waals surface area (Å²) in [5.41, 5.74) is 2.08. The largest absolute Gasteiger partial charge is 0.491 e. The first-order chi connectivity index (χ1) is 13.5. The Kier molecular flexibility index (Phi) is 6.82. The summed E-state index contributed by atoms with van der Waals surface area (Å²) in [5, 5.41) is 0. The summed E-state index contributed by atoms with van der Waals surface area (Å²) in [6.07, 6.45) is 6.25. The van der Waals surface area contributed by atoms with Crippen LogP contribution in [-0.4, -0.2) is 6.61 Å². The van der Waals surface area contributed by atoms with Gasteiger partial charge in [0, 0.05) is 5.56 Å². The highest BCUT2D eigenvalue weighted by molar-refractivity contribution is 5.65. The maximum absolute atomic E-state index is 14.4. The Morgan fingerprint density at radius 3 is 2.25 bits per heavy atom. The molecular weight excluding hydrogens is 361 g/mol. The third kappa shape index (κ3) is 4.60. The van der Waals surface area contributed by atoms with Gasteiger partial charge in [-0.25, -0.2) is 8.78 Å². The van der Waals surface area contributed by atoms with E-state index in [0.29, 0.717) is 23.8 Å². The molecule has 0 radical (unpaired) electrons. The van der Waals surface area contributed by atoms with Crippen LogP contribution in [0, 0.1) is 17.6 Å². The summed E-state index contributed by atoms with van der Waals surface area (Å²) < 4.78 is 47.1. The average Bonchev–Trinajstić information content (AvgIpc) is 2.72. The Morgan fingerprint density at radius 2 is 1.64 bits per heavy atom. The van der Waals surface area contributed by atoms with E-state index in [9.17, 15) is 13.2 Å². The van der Waals surface area contributed by atoms with E-state index in [2.05, 4.69) is 0 Å². The van der Waals surface area contributed by atoms with E-state index in [-0.39, 0.29) is 23.7 Å². The molecule has 1 aliphatic carbocycles. The fourth-order valence-corrected chi connectivity index (χ4v) is 3.95. The summed E-state index contributed by atoms with van der Waals surface area (Å²) in [6.45, 7) is 3.85. The van der Waals surface area contributed by atoms with Gasteiger partial charge in [-0.15, -0.1) is 0 Å². The number of ether oxygens (including phenoxy) is 1. The molecule has 1 nitrogen and oxygen atoms in total. The minimum Gasteiger partial charge on any atom is -0.491 e. The van der Waals surface area contributed by atoms with Crippen molar-refractivity contribution < 1.29 is 17.9 Å². The molecule has 0 bridgehead atoms. The highest BCUT2D eigenvalue weighted by Gasteiger charge is 2.22. The van der Waals surface area contributed by atoms with Crippen molar-refractivity contribution in [1.29, 1.82) is 0 Å². The van der Waals surface area contributed by atoms with E-state index in [1.807, 2.05) is 31.2 Å². The van der Waals surface area contributed by atoms with Gasteiger partial charge in [0.1, 0.15) is 0 Å². The number of allylic oxidation sites excluding steroid dienone is 2. The zero-order valence-electron chi connectivity index (χ0n) is 16.5. The van der Waals surface area contributed by atoms with E-state index in [4.69, 9.17) is 4.74 Å². The fourth-order valence-electron chi connectivity index (χ4n) is 3.95. The topological polar surface area (TPSA) is 9.23 Å². The van der Waals surface area contributed by atoms with Crippen LogP contribution in [-0.2, 0) is 0 Å². The molecule has 1 fully saturated rings. The minimum atomic E-state index is -0.950. The van der Waals surface area contributed by atoms with Crippen molar-refractivity contribution in [2.24, 2.45) is 5.92 Å². The van der Waals surface area contributed by atoms with Gasteiger partial charge in [0.25, 0.3) is 0 Å². The Labute approximate surface area is 165 Å². The third-order valence-corrected chi connectivity index (χ3v) is 5.57. The number of hydrogen-bond donors (Lipinski definition) is 0. The molecule has 0 saturated heterocycles. The lowest BCUT2D eigenvalue weighted by molar-refractivity contribution is 0.314. The van der Waals surface area contributed by atoms with Crippen molar-refractivity contribution >= 4 is 0 Å². The maximum atomic E-state index is 14.4. The second-order valence-electron chi connectivity index (χ2n) is 7.37. The lowest BCUT2D eigenvalue weighted by Gasteiger charge is -2.27. The average molecular weight is 388 g/mol. The van der Waals surface area contributed by atoms with Gasteiger partial charge in [-0.05, 0) is 80.2 Å². The van der Waals surface area contributed by atoms with Gasteiger partial charge < -0.3 is 4.74 Å². The molecule has 28 heavy (non-hydrogen) atoms. The fraction of sp³-hybridized carbons (Fsp3) is 0.417. The lowest BCUT2D eigenvalue weighted by Crippen LogP contribution is -2.12. The van der Waals surface area contributed by atoms with Crippen LogP contribution in [0.15, 0.2) is 48.3 Å². The molecule has 0 N–H and O–H groups in total. The van der Waals surface area contributed by atoms with Crippen molar-refractivity contribution in [2.45, 2.75) is 51.9 Å². The first kappa shape index (κ1) is 20.5. The third-order valence-electron chi connectivity index (χ3n) is 5.57. The molecule has 1 aliphatic rings. The van der Waals surface area contributed by atoms with E-state index in [1.165, 1.54) is 11.6 Å². The summed E-state index contributed by atoms with van der Waals surface area (Å²) in [7, 11) is 0. The highest BCUT2D eigenvalue weighted by Crippen LogP contribution is 2.38. The Hall–Kier alpha value is -2.23. The number of hydrogen-bond acceptors (Lipinski definition) is 1. The van der Waals surface area contributed by atoms with Crippen molar-refractivity contribution in [2.75, 3.05) is 6.61 Å². The number of rotatable bonds is 6. The van der Waals surface area contributed by atoms with Crippen LogP contribution in [0.3, 0.4) is 0 Å². The van der Waals surface area contributed by atoms with Crippen molar-refractivity contribution in [3.63, 3.8) is 0 Å². The molecule has 0 heterocycles. The van der Waals surface area contributed by atoms with E-state index in [1.54, 1.807) is 19.1 Å². The van der Waals surface area contributed by atoms with Crippen molar-refractivity contribution in [3.05, 3.63) is 65.5 Å². The number of halogens is 3. The van der Waals surface area contributed by atoms with Gasteiger partial charge in [-0.1, -0.05) is 31.2 Å². The van der Waals surface area contributed by atoms with Gasteiger partial charge >= 0.3 is 0 Å². The predicted molar refractivity (Wildman–Crippen MR) is 107 cm³/mol. The molecule has 0 amide bonds. The molecule has 1 saturated carbocycles. The molecule has 2 aromatic carbocycles. The highest BCUT2D eigenvalue weighted by atomic mass is 19.2. The molecule has 0 spiro atoms. The Balaban J connectivity index is 1.70. The smallest absolute Gasteiger partial charge is 0.201 e. The van der Waals surface area contributed by atoms with Crippen LogP contribution < -0.4 is 4.74 Å². The molecule has 0 atom stereocenters. The van der Waals surface area contributed by atoms with Gasteiger partial charge in [0.15, 0.2) is 11.6 Å². The molecule has 150 valence electrons. The zero-order valence-corrected chi connectivity index (χ0v) is 16.5.